The lowest BCUT2D eigenvalue weighted by molar-refractivity contribution is 0.0947. The van der Waals surface area contributed by atoms with Crippen molar-refractivity contribution in [2.45, 2.75) is 32.4 Å². The first-order valence-corrected chi connectivity index (χ1v) is 10.3. The Hall–Kier alpha value is -3.12. The molecule has 1 amide bonds. The number of para-hydroxylation sites is 1. The molecule has 1 aliphatic heterocycles. The normalized spacial score (nSPS) is 14.6. The van der Waals surface area contributed by atoms with Crippen LogP contribution in [-0.2, 0) is 13.1 Å². The van der Waals surface area contributed by atoms with Crippen molar-refractivity contribution in [3.05, 3.63) is 75.6 Å². The van der Waals surface area contributed by atoms with Crippen LogP contribution in [-0.4, -0.2) is 31.0 Å². The molecule has 0 radical (unpaired) electrons. The molecule has 156 valence electrons. The second-order valence-electron chi connectivity index (χ2n) is 7.61. The van der Waals surface area contributed by atoms with Gasteiger partial charge in [0.1, 0.15) is 5.56 Å². The standard InChI is InChI=1S/C24H26N2O4/c1-29-21-11-7-10-17-14-20(24(28)30-22(17)21)23(27)25-15-18-8-3-4-9-19(18)16-26-12-5-2-6-13-26/h3-4,7-11,14H,2,5-6,12-13,15-16H2,1H3,(H,25,27). The van der Waals surface area contributed by atoms with Gasteiger partial charge in [-0.2, -0.15) is 0 Å². The third-order valence-electron chi connectivity index (χ3n) is 5.59. The second-order valence-corrected chi connectivity index (χ2v) is 7.61. The zero-order chi connectivity index (χ0) is 20.9. The number of methoxy groups -OCH3 is 1. The van der Waals surface area contributed by atoms with Crippen LogP contribution in [0.4, 0.5) is 0 Å². The quantitative estimate of drug-likeness (QED) is 0.632. The molecule has 0 saturated carbocycles. The number of ether oxygens (including phenoxy) is 1. The van der Waals surface area contributed by atoms with E-state index < -0.39 is 11.5 Å². The minimum absolute atomic E-state index is 0.00994. The van der Waals surface area contributed by atoms with Crippen LogP contribution in [0, 0.1) is 0 Å². The highest BCUT2D eigenvalue weighted by atomic mass is 16.5. The summed E-state index contributed by atoms with van der Waals surface area (Å²) in [7, 11) is 1.51. The van der Waals surface area contributed by atoms with E-state index in [4.69, 9.17) is 9.15 Å². The van der Waals surface area contributed by atoms with Gasteiger partial charge in [0, 0.05) is 18.5 Å². The molecule has 3 aromatic rings. The summed E-state index contributed by atoms with van der Waals surface area (Å²) in [6.07, 6.45) is 3.78. The van der Waals surface area contributed by atoms with Gasteiger partial charge in [-0.15, -0.1) is 0 Å². The summed E-state index contributed by atoms with van der Waals surface area (Å²) in [5.41, 5.74) is 1.92. The summed E-state index contributed by atoms with van der Waals surface area (Å²) in [4.78, 5) is 27.6. The Bertz CT molecular complexity index is 1100. The molecule has 0 unspecified atom stereocenters. The molecule has 0 atom stereocenters. The van der Waals surface area contributed by atoms with Gasteiger partial charge in [0.15, 0.2) is 11.3 Å². The lowest BCUT2D eigenvalue weighted by atomic mass is 10.0. The molecule has 2 aromatic carbocycles. The van der Waals surface area contributed by atoms with Gasteiger partial charge < -0.3 is 14.5 Å². The summed E-state index contributed by atoms with van der Waals surface area (Å²) in [6, 6.07) is 15.0. The molecule has 0 bridgehead atoms. The van der Waals surface area contributed by atoms with E-state index >= 15 is 0 Å². The number of carbonyl (C=O) groups is 1. The van der Waals surface area contributed by atoms with Gasteiger partial charge in [-0.1, -0.05) is 42.8 Å². The predicted molar refractivity (Wildman–Crippen MR) is 116 cm³/mol. The molecule has 0 aliphatic carbocycles. The number of fused-ring (bicyclic) bond motifs is 1. The molecule has 6 nitrogen and oxygen atoms in total. The van der Waals surface area contributed by atoms with Crippen molar-refractivity contribution < 1.29 is 13.9 Å². The first-order chi connectivity index (χ1) is 14.7. The van der Waals surface area contributed by atoms with Gasteiger partial charge >= 0.3 is 5.63 Å². The number of benzene rings is 2. The number of rotatable bonds is 6. The van der Waals surface area contributed by atoms with E-state index in [9.17, 15) is 9.59 Å². The number of amides is 1. The first-order valence-electron chi connectivity index (χ1n) is 10.3. The predicted octanol–water partition coefficient (Wildman–Crippen LogP) is 3.72. The van der Waals surface area contributed by atoms with Crippen molar-refractivity contribution in [2.75, 3.05) is 20.2 Å². The van der Waals surface area contributed by atoms with Crippen LogP contribution in [0.15, 0.2) is 57.7 Å². The van der Waals surface area contributed by atoms with Crippen LogP contribution in [0.25, 0.3) is 11.0 Å². The number of likely N-dealkylation sites (tertiary alicyclic amines) is 1. The van der Waals surface area contributed by atoms with Gasteiger partial charge in [0.25, 0.3) is 5.91 Å². The summed E-state index contributed by atoms with van der Waals surface area (Å²) in [5.74, 6) is 0.0180. The summed E-state index contributed by atoms with van der Waals surface area (Å²) in [5, 5.41) is 3.52. The molecule has 1 saturated heterocycles. The average Bonchev–Trinajstić information content (AvgIpc) is 2.78. The minimum atomic E-state index is -0.675. The SMILES string of the molecule is COc1cccc2cc(C(=O)NCc3ccccc3CN3CCCCC3)c(=O)oc12. The van der Waals surface area contributed by atoms with Gasteiger partial charge in [-0.25, -0.2) is 4.79 Å². The summed E-state index contributed by atoms with van der Waals surface area (Å²) < 4.78 is 10.6. The fourth-order valence-corrected chi connectivity index (χ4v) is 3.95. The number of hydrogen-bond acceptors (Lipinski definition) is 5. The van der Waals surface area contributed by atoms with Crippen LogP contribution in [0.5, 0.6) is 5.75 Å². The van der Waals surface area contributed by atoms with Gasteiger partial charge in [-0.3, -0.25) is 9.69 Å². The maximum atomic E-state index is 12.7. The molecule has 1 aliphatic rings. The van der Waals surface area contributed by atoms with E-state index in [-0.39, 0.29) is 5.56 Å². The van der Waals surface area contributed by atoms with Crippen LogP contribution in [0.2, 0.25) is 0 Å². The van der Waals surface area contributed by atoms with Crippen molar-refractivity contribution in [3.63, 3.8) is 0 Å². The molecule has 30 heavy (non-hydrogen) atoms. The third-order valence-corrected chi connectivity index (χ3v) is 5.59. The Kier molecular flexibility index (Phi) is 6.14. The number of piperidine rings is 1. The number of nitrogens with zero attached hydrogens (tertiary/aromatic N) is 1. The Morgan fingerprint density at radius 1 is 1.07 bits per heavy atom. The van der Waals surface area contributed by atoms with Crippen molar-refractivity contribution in [1.29, 1.82) is 0 Å². The van der Waals surface area contributed by atoms with E-state index in [0.29, 0.717) is 23.3 Å². The monoisotopic (exact) mass is 406 g/mol. The molecule has 0 spiro atoms. The van der Waals surface area contributed by atoms with E-state index in [1.807, 2.05) is 18.2 Å². The Morgan fingerprint density at radius 2 is 1.83 bits per heavy atom. The molecule has 6 heteroatoms. The number of hydrogen-bond donors (Lipinski definition) is 1. The zero-order valence-electron chi connectivity index (χ0n) is 17.1. The topological polar surface area (TPSA) is 71.8 Å². The zero-order valence-corrected chi connectivity index (χ0v) is 17.1. The lowest BCUT2D eigenvalue weighted by Crippen LogP contribution is -2.31. The fourth-order valence-electron chi connectivity index (χ4n) is 3.95. The second kappa shape index (κ2) is 9.13. The third kappa shape index (κ3) is 4.39. The number of carbonyl (C=O) groups excluding carboxylic acids is 1. The van der Waals surface area contributed by atoms with Crippen molar-refractivity contribution >= 4 is 16.9 Å². The number of nitrogens with one attached hydrogen (secondary N) is 1. The first kappa shape index (κ1) is 20.2. The van der Waals surface area contributed by atoms with Gasteiger partial charge in [0.05, 0.1) is 7.11 Å². The van der Waals surface area contributed by atoms with Crippen molar-refractivity contribution in [3.8, 4) is 5.75 Å². The molecule has 4 rings (SSSR count). The van der Waals surface area contributed by atoms with Crippen molar-refractivity contribution in [1.82, 2.24) is 10.2 Å². The molecular formula is C24H26N2O4. The molecule has 1 aromatic heterocycles. The fraction of sp³-hybridized carbons (Fsp3) is 0.333. The van der Waals surface area contributed by atoms with Crippen LogP contribution < -0.4 is 15.7 Å². The van der Waals surface area contributed by atoms with Crippen LogP contribution in [0.1, 0.15) is 40.7 Å². The molecular weight excluding hydrogens is 380 g/mol. The minimum Gasteiger partial charge on any atom is -0.493 e. The average molecular weight is 406 g/mol. The van der Waals surface area contributed by atoms with E-state index in [0.717, 1.165) is 25.2 Å². The molecule has 1 fully saturated rings. The van der Waals surface area contributed by atoms with E-state index in [1.54, 1.807) is 24.3 Å². The largest absolute Gasteiger partial charge is 0.493 e. The lowest BCUT2D eigenvalue weighted by Gasteiger charge is -2.27. The van der Waals surface area contributed by atoms with Gasteiger partial charge in [0.2, 0.25) is 0 Å². The Balaban J connectivity index is 1.50. The Labute approximate surface area is 175 Å². The highest BCUT2D eigenvalue weighted by Crippen LogP contribution is 2.24. The Morgan fingerprint density at radius 3 is 2.60 bits per heavy atom. The molecule has 2 heterocycles. The van der Waals surface area contributed by atoms with Crippen molar-refractivity contribution in [2.24, 2.45) is 0 Å². The summed E-state index contributed by atoms with van der Waals surface area (Å²) in [6.45, 7) is 3.47. The summed E-state index contributed by atoms with van der Waals surface area (Å²) >= 11 is 0. The highest BCUT2D eigenvalue weighted by Gasteiger charge is 2.17. The van der Waals surface area contributed by atoms with Crippen LogP contribution in [0.3, 0.4) is 0 Å². The maximum absolute atomic E-state index is 12.7. The molecule has 1 N–H and O–H groups in total. The van der Waals surface area contributed by atoms with E-state index in [1.165, 1.54) is 31.9 Å². The highest BCUT2D eigenvalue weighted by molar-refractivity contribution is 5.97. The van der Waals surface area contributed by atoms with E-state index in [2.05, 4.69) is 16.3 Å². The van der Waals surface area contributed by atoms with Gasteiger partial charge in [-0.05, 0) is 49.2 Å². The van der Waals surface area contributed by atoms with Crippen LogP contribution >= 0.6 is 0 Å². The smallest absolute Gasteiger partial charge is 0.349 e. The maximum Gasteiger partial charge on any atom is 0.349 e.